The van der Waals surface area contributed by atoms with E-state index in [1.165, 1.54) is 12.1 Å². The van der Waals surface area contributed by atoms with Crippen molar-refractivity contribution in [3.05, 3.63) is 44.7 Å². The molecule has 0 saturated carbocycles. The normalized spacial score (nSPS) is 10.4. The molecule has 2 aromatic rings. The van der Waals surface area contributed by atoms with Crippen LogP contribution < -0.4 is 11.1 Å². The zero-order valence-corrected chi connectivity index (χ0v) is 12.5. The number of anilines is 2. The number of aryl methyl sites for hydroxylation is 1. The second-order valence-corrected chi connectivity index (χ2v) is 5.14. The van der Waals surface area contributed by atoms with Crippen molar-refractivity contribution in [3.8, 4) is 0 Å². The Morgan fingerprint density at radius 2 is 1.90 bits per heavy atom. The molecule has 0 atom stereocenters. The van der Waals surface area contributed by atoms with Crippen molar-refractivity contribution in [3.63, 3.8) is 0 Å². The molecule has 5 nitrogen and oxygen atoms in total. The van der Waals surface area contributed by atoms with Gasteiger partial charge < -0.3 is 5.73 Å². The average molecular weight is 332 g/mol. The van der Waals surface area contributed by atoms with Gasteiger partial charge in [0, 0.05) is 11.3 Å². The summed E-state index contributed by atoms with van der Waals surface area (Å²) in [5.74, 6) is -0.360. The number of hydrogen-bond donors (Lipinski definition) is 2. The van der Waals surface area contributed by atoms with Crippen molar-refractivity contribution in [1.82, 2.24) is 9.97 Å². The fourth-order valence-corrected chi connectivity index (χ4v) is 2.07. The summed E-state index contributed by atoms with van der Waals surface area (Å²) in [7, 11) is 0. The lowest BCUT2D eigenvalue weighted by Gasteiger charge is -2.07. The van der Waals surface area contributed by atoms with Gasteiger partial charge in [0.05, 0.1) is 15.7 Å². The fourth-order valence-electron chi connectivity index (χ4n) is 1.50. The summed E-state index contributed by atoms with van der Waals surface area (Å²) >= 11 is 17.5. The molecule has 0 radical (unpaired) electrons. The average Bonchev–Trinajstić information content (AvgIpc) is 2.33. The third kappa shape index (κ3) is 3.30. The lowest BCUT2D eigenvalue weighted by atomic mass is 10.2. The van der Waals surface area contributed by atoms with Crippen molar-refractivity contribution in [2.24, 2.45) is 0 Å². The molecule has 0 bridgehead atoms. The van der Waals surface area contributed by atoms with Gasteiger partial charge in [-0.05, 0) is 25.1 Å². The summed E-state index contributed by atoms with van der Waals surface area (Å²) in [4.78, 5) is 20.0. The zero-order chi connectivity index (χ0) is 14.9. The number of benzene rings is 1. The molecular weight excluding hydrogens is 323 g/mol. The van der Waals surface area contributed by atoms with Crippen molar-refractivity contribution < 1.29 is 4.79 Å². The van der Waals surface area contributed by atoms with Gasteiger partial charge in [0.2, 0.25) is 5.95 Å². The molecule has 0 unspecified atom stereocenters. The van der Waals surface area contributed by atoms with E-state index >= 15 is 0 Å². The molecule has 1 heterocycles. The molecule has 1 aromatic heterocycles. The highest BCUT2D eigenvalue weighted by Crippen LogP contribution is 2.29. The predicted octanol–water partition coefficient (Wildman–Crippen LogP) is 3.58. The predicted molar refractivity (Wildman–Crippen MR) is 80.6 cm³/mol. The van der Waals surface area contributed by atoms with Crippen molar-refractivity contribution in [2.45, 2.75) is 6.92 Å². The van der Waals surface area contributed by atoms with Crippen LogP contribution in [0.3, 0.4) is 0 Å². The zero-order valence-electron chi connectivity index (χ0n) is 10.2. The highest BCUT2D eigenvalue weighted by molar-refractivity contribution is 6.44. The number of nitrogens with two attached hydrogens (primary N) is 1. The van der Waals surface area contributed by atoms with E-state index in [9.17, 15) is 4.79 Å². The quantitative estimate of drug-likeness (QED) is 0.651. The van der Waals surface area contributed by atoms with E-state index in [2.05, 4.69) is 15.3 Å². The molecule has 2 rings (SSSR count). The summed E-state index contributed by atoms with van der Waals surface area (Å²) < 4.78 is 0. The fraction of sp³-hybridized carbons (Fsp3) is 0.0833. The number of amides is 1. The van der Waals surface area contributed by atoms with Gasteiger partial charge in [0.15, 0.2) is 0 Å². The first-order chi connectivity index (χ1) is 9.36. The van der Waals surface area contributed by atoms with Crippen LogP contribution in [0.25, 0.3) is 0 Å². The topological polar surface area (TPSA) is 80.9 Å². The van der Waals surface area contributed by atoms with E-state index in [1.807, 2.05) is 0 Å². The molecule has 104 valence electrons. The Bertz CT molecular complexity index is 647. The largest absolute Gasteiger partial charge is 0.397 e. The number of hydrogen-bond acceptors (Lipinski definition) is 4. The summed E-state index contributed by atoms with van der Waals surface area (Å²) in [6, 6.07) is 4.41. The van der Waals surface area contributed by atoms with Crippen molar-refractivity contribution >= 4 is 52.3 Å². The van der Waals surface area contributed by atoms with E-state index in [0.29, 0.717) is 5.69 Å². The first kappa shape index (κ1) is 14.8. The molecule has 1 aromatic carbocycles. The first-order valence-electron chi connectivity index (χ1n) is 5.44. The third-order valence-electron chi connectivity index (χ3n) is 2.37. The Balaban J connectivity index is 2.28. The standard InChI is InChI=1S/C12H9Cl3N4O/c1-5-2-9(14)18-12(17-5)19-11(20)6-3-7(13)10(15)8(16)4-6/h2-4H,16H2,1H3,(H,17,18,19,20). The van der Waals surface area contributed by atoms with Crippen LogP contribution in [0.15, 0.2) is 18.2 Å². The third-order valence-corrected chi connectivity index (χ3v) is 3.38. The molecule has 1 amide bonds. The van der Waals surface area contributed by atoms with Crippen LogP contribution in [-0.2, 0) is 0 Å². The number of nitrogens with zero attached hydrogens (tertiary/aromatic N) is 2. The molecule has 0 aliphatic rings. The SMILES string of the molecule is Cc1cc(Cl)nc(NC(=O)c2cc(N)c(Cl)c(Cl)c2)n1. The van der Waals surface area contributed by atoms with Crippen LogP contribution in [0.5, 0.6) is 0 Å². The van der Waals surface area contributed by atoms with Gasteiger partial charge in [-0.2, -0.15) is 0 Å². The minimum atomic E-state index is -0.461. The van der Waals surface area contributed by atoms with Gasteiger partial charge in [-0.25, -0.2) is 9.97 Å². The van der Waals surface area contributed by atoms with E-state index in [-0.39, 0.29) is 32.4 Å². The van der Waals surface area contributed by atoms with Gasteiger partial charge >= 0.3 is 0 Å². The summed E-state index contributed by atoms with van der Waals surface area (Å²) in [6.45, 7) is 1.74. The maximum Gasteiger partial charge on any atom is 0.258 e. The molecule has 3 N–H and O–H groups in total. The van der Waals surface area contributed by atoms with E-state index in [0.717, 1.165) is 0 Å². The Morgan fingerprint density at radius 1 is 1.20 bits per heavy atom. The number of halogens is 3. The molecule has 20 heavy (non-hydrogen) atoms. The summed E-state index contributed by atoms with van der Waals surface area (Å²) in [5, 5.41) is 3.15. The van der Waals surface area contributed by atoms with E-state index in [1.54, 1.807) is 13.0 Å². The number of nitrogen functional groups attached to an aromatic ring is 1. The van der Waals surface area contributed by atoms with Gasteiger partial charge in [-0.1, -0.05) is 34.8 Å². The molecule has 0 saturated heterocycles. The Labute approximate surface area is 130 Å². The Morgan fingerprint density at radius 3 is 2.50 bits per heavy atom. The van der Waals surface area contributed by atoms with Gasteiger partial charge in [-0.3, -0.25) is 10.1 Å². The van der Waals surface area contributed by atoms with Crippen LogP contribution in [0.1, 0.15) is 16.1 Å². The number of nitrogens with one attached hydrogen (secondary N) is 1. The number of carbonyl (C=O) groups excluding carboxylic acids is 1. The van der Waals surface area contributed by atoms with Crippen LogP contribution >= 0.6 is 34.8 Å². The Hall–Kier alpha value is -1.56. The van der Waals surface area contributed by atoms with Gasteiger partial charge in [0.25, 0.3) is 5.91 Å². The molecule has 8 heteroatoms. The maximum absolute atomic E-state index is 12.1. The van der Waals surface area contributed by atoms with E-state index < -0.39 is 5.91 Å². The monoisotopic (exact) mass is 330 g/mol. The lowest BCUT2D eigenvalue weighted by molar-refractivity contribution is 0.102. The highest BCUT2D eigenvalue weighted by Gasteiger charge is 2.13. The van der Waals surface area contributed by atoms with Crippen LogP contribution in [0.4, 0.5) is 11.6 Å². The number of aromatic nitrogens is 2. The first-order valence-corrected chi connectivity index (χ1v) is 6.57. The van der Waals surface area contributed by atoms with Gasteiger partial charge in [-0.15, -0.1) is 0 Å². The lowest BCUT2D eigenvalue weighted by Crippen LogP contribution is -2.15. The smallest absolute Gasteiger partial charge is 0.258 e. The van der Waals surface area contributed by atoms with Gasteiger partial charge in [0.1, 0.15) is 5.15 Å². The summed E-state index contributed by atoms with van der Waals surface area (Å²) in [6.07, 6.45) is 0. The van der Waals surface area contributed by atoms with E-state index in [4.69, 9.17) is 40.5 Å². The Kier molecular flexibility index (Phi) is 4.32. The van der Waals surface area contributed by atoms with Crippen LogP contribution in [-0.4, -0.2) is 15.9 Å². The van der Waals surface area contributed by atoms with Crippen molar-refractivity contribution in [2.75, 3.05) is 11.1 Å². The maximum atomic E-state index is 12.1. The second kappa shape index (κ2) is 5.83. The molecule has 0 spiro atoms. The van der Waals surface area contributed by atoms with Crippen LogP contribution in [0, 0.1) is 6.92 Å². The number of carbonyl (C=O) groups is 1. The molecule has 0 aliphatic carbocycles. The minimum absolute atomic E-state index is 0.102. The van der Waals surface area contributed by atoms with Crippen LogP contribution in [0.2, 0.25) is 15.2 Å². The second-order valence-electron chi connectivity index (χ2n) is 3.97. The summed E-state index contributed by atoms with van der Waals surface area (Å²) in [5.41, 5.74) is 6.75. The molecule has 0 aliphatic heterocycles. The molecular formula is C12H9Cl3N4O. The molecule has 0 fully saturated rings. The highest BCUT2D eigenvalue weighted by atomic mass is 35.5. The van der Waals surface area contributed by atoms with Crippen molar-refractivity contribution in [1.29, 1.82) is 0 Å². The minimum Gasteiger partial charge on any atom is -0.397 e. The number of rotatable bonds is 2.